The van der Waals surface area contributed by atoms with Gasteiger partial charge >= 0.3 is 6.18 Å². The van der Waals surface area contributed by atoms with Gasteiger partial charge in [-0.25, -0.2) is 13.8 Å². The van der Waals surface area contributed by atoms with E-state index in [9.17, 15) is 36.5 Å². The van der Waals surface area contributed by atoms with Crippen LogP contribution in [0.5, 0.6) is 0 Å². The van der Waals surface area contributed by atoms with Crippen molar-refractivity contribution < 1.29 is 31.3 Å². The van der Waals surface area contributed by atoms with Gasteiger partial charge in [-0.15, -0.1) is 0 Å². The van der Waals surface area contributed by atoms with Crippen LogP contribution in [0.1, 0.15) is 11.1 Å². The van der Waals surface area contributed by atoms with Crippen LogP contribution < -0.4 is 9.73 Å². The van der Waals surface area contributed by atoms with Crippen molar-refractivity contribution in [1.29, 1.82) is 0 Å². The number of alkyl halides is 3. The molecule has 0 saturated carbocycles. The third-order valence-electron chi connectivity index (χ3n) is 4.74. The van der Waals surface area contributed by atoms with Gasteiger partial charge in [-0.3, -0.25) is 19.2 Å². The minimum atomic E-state index is -4.81. The monoisotopic (exact) mass is 574 g/mol. The molecule has 0 atom stereocenters. The number of sulfonamides is 1. The highest BCUT2D eigenvalue weighted by molar-refractivity contribution is 7.92. The van der Waals surface area contributed by atoms with E-state index in [1.807, 2.05) is 5.43 Å². The lowest BCUT2D eigenvalue weighted by atomic mass is 10.2. The molecule has 3 aromatic rings. The smallest absolute Gasteiger partial charge is 0.271 e. The fraction of sp³-hybridized carbons (Fsp3) is 0.0909. The molecule has 0 unspecified atom stereocenters. The number of hydrazone groups is 1. The summed E-state index contributed by atoms with van der Waals surface area (Å²) in [5, 5.41) is 14.3. The maximum atomic E-state index is 13.3. The van der Waals surface area contributed by atoms with Crippen LogP contribution >= 0.6 is 23.2 Å². The highest BCUT2D eigenvalue weighted by Crippen LogP contribution is 2.37. The number of halogens is 5. The van der Waals surface area contributed by atoms with Crippen molar-refractivity contribution in [2.24, 2.45) is 5.10 Å². The van der Waals surface area contributed by atoms with Gasteiger partial charge in [0.2, 0.25) is 0 Å². The van der Waals surface area contributed by atoms with Gasteiger partial charge in [0.15, 0.2) is 0 Å². The Morgan fingerprint density at radius 1 is 1.05 bits per heavy atom. The minimum Gasteiger partial charge on any atom is -0.271 e. The summed E-state index contributed by atoms with van der Waals surface area (Å²) in [6, 6.07) is 12.3. The van der Waals surface area contributed by atoms with Crippen LogP contribution in [0.15, 0.2) is 76.7 Å². The molecule has 0 fully saturated rings. The van der Waals surface area contributed by atoms with Gasteiger partial charge in [-0.05, 0) is 36.4 Å². The molecule has 15 heteroatoms. The van der Waals surface area contributed by atoms with Gasteiger partial charge in [0.05, 0.1) is 32.3 Å². The number of nitro benzene ring substituents is 1. The molecule has 0 spiro atoms. The molecule has 0 radical (unpaired) electrons. The average Bonchev–Trinajstić information content (AvgIpc) is 2.84. The first-order valence-corrected chi connectivity index (χ1v) is 12.2. The Labute approximate surface area is 218 Å². The minimum absolute atomic E-state index is 0.0749. The predicted molar refractivity (Wildman–Crippen MR) is 131 cm³/mol. The molecule has 0 aromatic heterocycles. The molecule has 1 amide bonds. The lowest BCUT2D eigenvalue weighted by molar-refractivity contribution is -0.384. The zero-order valence-corrected chi connectivity index (χ0v) is 20.6. The van der Waals surface area contributed by atoms with Gasteiger partial charge in [-0.1, -0.05) is 41.4 Å². The third kappa shape index (κ3) is 6.76. The van der Waals surface area contributed by atoms with Crippen LogP contribution in [0.2, 0.25) is 10.0 Å². The van der Waals surface area contributed by atoms with Gasteiger partial charge in [0, 0.05) is 22.7 Å². The number of amides is 1. The molecule has 9 nitrogen and oxygen atoms in total. The molecule has 0 aliphatic heterocycles. The van der Waals surface area contributed by atoms with Crippen LogP contribution in [0, 0.1) is 10.1 Å². The number of nitrogens with zero attached hydrogens (tertiary/aromatic N) is 3. The van der Waals surface area contributed by atoms with Crippen molar-refractivity contribution in [3.8, 4) is 0 Å². The number of nitrogens with one attached hydrogen (secondary N) is 1. The number of benzene rings is 3. The third-order valence-corrected chi connectivity index (χ3v) is 7.18. The molecule has 3 rings (SSSR count). The second kappa shape index (κ2) is 11.2. The van der Waals surface area contributed by atoms with Gasteiger partial charge in [0.1, 0.15) is 6.54 Å². The SMILES string of the molecule is O=C(CN(c1cc(C(F)(F)F)ccc1Cl)S(=O)(=O)c1ccccc1)N/N=C\c1cc([N+](=O)[O-])ccc1Cl. The van der Waals surface area contributed by atoms with Crippen molar-refractivity contribution >= 4 is 56.7 Å². The fourth-order valence-electron chi connectivity index (χ4n) is 2.98. The van der Waals surface area contributed by atoms with E-state index >= 15 is 0 Å². The largest absolute Gasteiger partial charge is 0.416 e. The summed E-state index contributed by atoms with van der Waals surface area (Å²) in [5.74, 6) is -1.05. The van der Waals surface area contributed by atoms with E-state index in [-0.39, 0.29) is 26.2 Å². The zero-order chi connectivity index (χ0) is 27.4. The number of hydrogen-bond donors (Lipinski definition) is 1. The Kier molecular flexibility index (Phi) is 8.41. The first-order valence-electron chi connectivity index (χ1n) is 10.0. The highest BCUT2D eigenvalue weighted by atomic mass is 35.5. The van der Waals surface area contributed by atoms with Crippen molar-refractivity contribution in [2.45, 2.75) is 11.1 Å². The number of anilines is 1. The summed E-state index contributed by atoms with van der Waals surface area (Å²) in [6.07, 6.45) is -3.83. The lowest BCUT2D eigenvalue weighted by Gasteiger charge is -2.25. The Morgan fingerprint density at radius 3 is 2.32 bits per heavy atom. The Morgan fingerprint density at radius 2 is 1.70 bits per heavy atom. The van der Waals surface area contributed by atoms with E-state index in [1.165, 1.54) is 36.4 Å². The van der Waals surface area contributed by atoms with Gasteiger partial charge in [-0.2, -0.15) is 18.3 Å². The maximum absolute atomic E-state index is 13.3. The Bertz CT molecular complexity index is 1470. The van der Waals surface area contributed by atoms with E-state index in [2.05, 4.69) is 5.10 Å². The molecule has 0 heterocycles. The van der Waals surface area contributed by atoms with E-state index in [4.69, 9.17) is 23.2 Å². The van der Waals surface area contributed by atoms with Crippen LogP contribution in [0.3, 0.4) is 0 Å². The van der Waals surface area contributed by atoms with Crippen LogP contribution in [-0.2, 0) is 21.0 Å². The van der Waals surface area contributed by atoms with Crippen molar-refractivity contribution in [3.05, 3.63) is 98.0 Å². The number of carbonyl (C=O) groups excluding carboxylic acids is 1. The molecule has 0 saturated heterocycles. The van der Waals surface area contributed by atoms with Gasteiger partial charge < -0.3 is 0 Å². The first kappa shape index (κ1) is 27.9. The molecular formula is C22H15Cl2F3N4O5S. The van der Waals surface area contributed by atoms with Crippen LogP contribution in [-0.4, -0.2) is 32.0 Å². The molecule has 0 aliphatic carbocycles. The normalized spacial score (nSPS) is 11.9. The number of carbonyl (C=O) groups is 1. The van der Waals surface area contributed by atoms with Gasteiger partial charge in [0.25, 0.3) is 21.6 Å². The summed E-state index contributed by atoms with van der Waals surface area (Å²) in [5.41, 5.74) is 0.0419. The second-order valence-electron chi connectivity index (χ2n) is 7.24. The van der Waals surface area contributed by atoms with Crippen LogP contribution in [0.4, 0.5) is 24.5 Å². The lowest BCUT2D eigenvalue weighted by Crippen LogP contribution is -2.40. The van der Waals surface area contributed by atoms with E-state index in [0.717, 1.165) is 24.4 Å². The number of non-ortho nitro benzene ring substituents is 1. The Hall–Kier alpha value is -3.68. The summed E-state index contributed by atoms with van der Waals surface area (Å²) in [7, 11) is -4.56. The van der Waals surface area contributed by atoms with Crippen molar-refractivity contribution in [3.63, 3.8) is 0 Å². The Balaban J connectivity index is 1.95. The number of rotatable bonds is 8. The summed E-state index contributed by atoms with van der Waals surface area (Å²) in [4.78, 5) is 22.6. The second-order valence-corrected chi connectivity index (χ2v) is 9.92. The molecule has 37 heavy (non-hydrogen) atoms. The molecule has 3 aromatic carbocycles. The fourth-order valence-corrected chi connectivity index (χ4v) is 4.87. The molecule has 1 N–H and O–H groups in total. The number of nitro groups is 1. The maximum Gasteiger partial charge on any atom is 0.416 e. The summed E-state index contributed by atoms with van der Waals surface area (Å²) in [6.45, 7) is -1.00. The van der Waals surface area contributed by atoms with E-state index in [0.29, 0.717) is 16.4 Å². The molecule has 194 valence electrons. The number of hydrogen-bond acceptors (Lipinski definition) is 6. The topological polar surface area (TPSA) is 122 Å². The average molecular weight is 575 g/mol. The standard InChI is InChI=1S/C22H15Cl2F3N4O5S/c23-18-9-7-16(31(33)34)10-14(18)12-28-29-21(32)13-30(37(35,36)17-4-2-1-3-5-17)20-11-15(22(25,26)27)6-8-19(20)24/h1-12H,13H2,(H,29,32)/b28-12-. The van der Waals surface area contributed by atoms with E-state index < -0.39 is 44.8 Å². The first-order chi connectivity index (χ1) is 17.3. The summed E-state index contributed by atoms with van der Waals surface area (Å²) < 4.78 is 67.0. The van der Waals surface area contributed by atoms with E-state index in [1.54, 1.807) is 0 Å². The molecule has 0 aliphatic rings. The van der Waals surface area contributed by atoms with Crippen LogP contribution in [0.25, 0.3) is 0 Å². The summed E-state index contributed by atoms with van der Waals surface area (Å²) >= 11 is 12.0. The highest BCUT2D eigenvalue weighted by Gasteiger charge is 2.34. The molecular weight excluding hydrogens is 560 g/mol. The zero-order valence-electron chi connectivity index (χ0n) is 18.3. The molecule has 0 bridgehead atoms. The van der Waals surface area contributed by atoms with Crippen molar-refractivity contribution in [1.82, 2.24) is 5.43 Å². The quantitative estimate of drug-likeness (QED) is 0.223. The van der Waals surface area contributed by atoms with Crippen molar-refractivity contribution in [2.75, 3.05) is 10.8 Å². The predicted octanol–water partition coefficient (Wildman–Crippen LogP) is 5.27.